The number of hydrogen-bond donors (Lipinski definition) is 3. The van der Waals surface area contributed by atoms with E-state index in [-0.39, 0.29) is 0 Å². The molecule has 35 heavy (non-hydrogen) atoms. The molecule has 1 fully saturated rings. The first-order chi connectivity index (χ1) is 16.5. The van der Waals surface area contributed by atoms with Gasteiger partial charge in [-0.3, -0.25) is 0 Å². The summed E-state index contributed by atoms with van der Waals surface area (Å²) in [5, 5.41) is 27.1. The molecule has 1 unspecified atom stereocenters. The third-order valence-electron chi connectivity index (χ3n) is 5.77. The monoisotopic (exact) mass is 493 g/mol. The molecule has 2 aromatic carbocycles. The van der Waals surface area contributed by atoms with Gasteiger partial charge >= 0.3 is 18.1 Å². The van der Waals surface area contributed by atoms with Crippen molar-refractivity contribution in [3.8, 4) is 0 Å². The van der Waals surface area contributed by atoms with Crippen molar-refractivity contribution in [2.24, 2.45) is 0 Å². The van der Waals surface area contributed by atoms with Crippen LogP contribution in [0.25, 0.3) is 0 Å². The molecule has 1 heterocycles. The van der Waals surface area contributed by atoms with Crippen LogP contribution in [-0.4, -0.2) is 51.8 Å². The van der Waals surface area contributed by atoms with E-state index in [1.165, 1.54) is 31.4 Å². The van der Waals surface area contributed by atoms with Crippen LogP contribution >= 0.6 is 0 Å². The van der Waals surface area contributed by atoms with E-state index >= 15 is 0 Å². The van der Waals surface area contributed by atoms with Crippen LogP contribution in [0.2, 0.25) is 0 Å². The Morgan fingerprint density at radius 3 is 1.77 bits per heavy atom. The number of halogens is 3. The number of carbonyl (C=O) groups is 2. The molecule has 0 aliphatic carbocycles. The first-order valence-electron chi connectivity index (χ1n) is 11.3. The fourth-order valence-electron chi connectivity index (χ4n) is 3.99. The van der Waals surface area contributed by atoms with Crippen LogP contribution in [0.4, 0.5) is 13.2 Å². The molecule has 1 aliphatic heterocycles. The lowest BCUT2D eigenvalue weighted by Gasteiger charge is -2.32. The minimum Gasteiger partial charge on any atom is -0.478 e. The molecule has 0 saturated carbocycles. The highest BCUT2D eigenvalue weighted by Gasteiger charge is 2.34. The molecule has 9 heteroatoms. The smallest absolute Gasteiger partial charge is 0.416 e. The van der Waals surface area contributed by atoms with Gasteiger partial charge in [0.05, 0.1) is 5.56 Å². The zero-order valence-corrected chi connectivity index (χ0v) is 19.2. The standard InChI is InChI=1S/C22H26F3NO.C4H4O4/c23-22(24,25)20-12-10-19(11-13-20)21(27,18-8-3-1-4-9-18)14-7-17-26-15-5-2-6-16-26;5-3(6)1-2-4(7)8/h1,3-4,8-13,27H,2,5-7,14-17H2;1-2H,(H,5,6)(H,7,8)/b;2-1-. The van der Waals surface area contributed by atoms with Crippen molar-refractivity contribution >= 4 is 11.9 Å². The summed E-state index contributed by atoms with van der Waals surface area (Å²) in [6.45, 7) is 3.07. The zero-order chi connectivity index (χ0) is 25.9. The highest BCUT2D eigenvalue weighted by atomic mass is 19.4. The lowest BCUT2D eigenvalue weighted by Crippen LogP contribution is -2.33. The van der Waals surface area contributed by atoms with E-state index in [2.05, 4.69) is 4.90 Å². The van der Waals surface area contributed by atoms with Crippen molar-refractivity contribution in [3.63, 3.8) is 0 Å². The van der Waals surface area contributed by atoms with E-state index < -0.39 is 29.3 Å². The quantitative estimate of drug-likeness (QED) is 0.452. The molecule has 1 aliphatic rings. The lowest BCUT2D eigenvalue weighted by atomic mass is 9.82. The molecule has 0 spiro atoms. The summed E-state index contributed by atoms with van der Waals surface area (Å²) in [5.41, 5.74) is -0.778. The average molecular weight is 494 g/mol. The molecule has 0 aromatic heterocycles. The molecule has 6 nitrogen and oxygen atoms in total. The molecular weight excluding hydrogens is 463 g/mol. The van der Waals surface area contributed by atoms with Gasteiger partial charge in [-0.15, -0.1) is 0 Å². The fourth-order valence-corrected chi connectivity index (χ4v) is 3.99. The van der Waals surface area contributed by atoms with Crippen LogP contribution in [-0.2, 0) is 21.4 Å². The van der Waals surface area contributed by atoms with Crippen molar-refractivity contribution in [2.75, 3.05) is 19.6 Å². The van der Waals surface area contributed by atoms with Gasteiger partial charge in [-0.1, -0.05) is 48.9 Å². The number of rotatable bonds is 8. The van der Waals surface area contributed by atoms with E-state index in [1.807, 2.05) is 30.3 Å². The number of alkyl halides is 3. The maximum Gasteiger partial charge on any atom is 0.416 e. The zero-order valence-electron chi connectivity index (χ0n) is 19.2. The van der Waals surface area contributed by atoms with Gasteiger partial charge in [0.1, 0.15) is 5.60 Å². The van der Waals surface area contributed by atoms with Crippen LogP contribution in [0.1, 0.15) is 48.8 Å². The molecule has 3 N–H and O–H groups in total. The maximum atomic E-state index is 12.9. The SMILES string of the molecule is O=C(O)/C=C\C(=O)O.OC(CCCN1CCCCC1)(c1ccccc1)c1ccc(C(F)(F)F)cc1. The second-order valence-electron chi connectivity index (χ2n) is 8.32. The molecule has 0 amide bonds. The first-order valence-corrected chi connectivity index (χ1v) is 11.3. The Kier molecular flexibility index (Phi) is 10.5. The minimum atomic E-state index is -4.38. The summed E-state index contributed by atoms with van der Waals surface area (Å²) in [6, 6.07) is 14.1. The second kappa shape index (κ2) is 13.1. The number of hydrogen-bond acceptors (Lipinski definition) is 4. The normalized spacial score (nSPS) is 16.2. The molecule has 0 radical (unpaired) electrons. The number of nitrogens with zero attached hydrogens (tertiary/aromatic N) is 1. The molecular formula is C26H30F3NO5. The van der Waals surface area contributed by atoms with Crippen LogP contribution in [0.3, 0.4) is 0 Å². The lowest BCUT2D eigenvalue weighted by molar-refractivity contribution is -0.137. The summed E-state index contributed by atoms with van der Waals surface area (Å²) < 4.78 is 38.6. The Balaban J connectivity index is 0.000000466. The Morgan fingerprint density at radius 2 is 1.29 bits per heavy atom. The van der Waals surface area contributed by atoms with Gasteiger partial charge in [-0.25, -0.2) is 9.59 Å². The van der Waals surface area contributed by atoms with E-state index in [0.29, 0.717) is 29.7 Å². The maximum absolute atomic E-state index is 12.9. The third-order valence-corrected chi connectivity index (χ3v) is 5.77. The van der Waals surface area contributed by atoms with Crippen LogP contribution in [0.5, 0.6) is 0 Å². The third kappa shape index (κ3) is 9.18. The number of likely N-dealkylation sites (tertiary alicyclic amines) is 1. The van der Waals surface area contributed by atoms with Gasteiger partial charge in [0.2, 0.25) is 0 Å². The Morgan fingerprint density at radius 1 is 0.800 bits per heavy atom. The van der Waals surface area contributed by atoms with E-state index in [0.717, 1.165) is 38.2 Å². The van der Waals surface area contributed by atoms with Gasteiger partial charge in [-0.2, -0.15) is 13.2 Å². The number of benzene rings is 2. The van der Waals surface area contributed by atoms with Crippen molar-refractivity contribution in [2.45, 2.75) is 43.9 Å². The summed E-state index contributed by atoms with van der Waals surface area (Å²) in [6.07, 6.45) is 1.69. The predicted molar refractivity (Wildman–Crippen MR) is 125 cm³/mol. The first kappa shape index (κ1) is 28.1. The average Bonchev–Trinajstić information content (AvgIpc) is 2.84. The minimum absolute atomic E-state index is 0.471. The number of carboxylic acid groups (broad SMARTS) is 2. The van der Waals surface area contributed by atoms with Gasteiger partial charge in [0, 0.05) is 12.2 Å². The van der Waals surface area contributed by atoms with Crippen molar-refractivity contribution in [1.82, 2.24) is 4.90 Å². The van der Waals surface area contributed by atoms with E-state index in [1.54, 1.807) is 0 Å². The molecule has 3 rings (SSSR count). The Hall–Kier alpha value is -3.17. The molecule has 2 aromatic rings. The second-order valence-corrected chi connectivity index (χ2v) is 8.32. The van der Waals surface area contributed by atoms with Crippen molar-refractivity contribution in [1.29, 1.82) is 0 Å². The number of aliphatic hydroxyl groups is 1. The van der Waals surface area contributed by atoms with Crippen molar-refractivity contribution < 1.29 is 38.1 Å². The summed E-state index contributed by atoms with van der Waals surface area (Å²) in [5.74, 6) is -2.51. The predicted octanol–water partition coefficient (Wildman–Crippen LogP) is 4.92. The molecule has 0 bridgehead atoms. The van der Waals surface area contributed by atoms with Gasteiger partial charge in [0.25, 0.3) is 0 Å². The van der Waals surface area contributed by atoms with Gasteiger partial charge in [-0.05, 0) is 68.6 Å². The Bertz CT molecular complexity index is 955. The van der Waals surface area contributed by atoms with Gasteiger partial charge in [0.15, 0.2) is 0 Å². The highest BCUT2D eigenvalue weighted by molar-refractivity contribution is 5.89. The van der Waals surface area contributed by atoms with Crippen LogP contribution < -0.4 is 0 Å². The Labute approximate surface area is 202 Å². The molecule has 190 valence electrons. The summed E-state index contributed by atoms with van der Waals surface area (Å²) in [4.78, 5) is 21.5. The van der Waals surface area contributed by atoms with Crippen LogP contribution in [0.15, 0.2) is 66.7 Å². The van der Waals surface area contributed by atoms with Crippen LogP contribution in [0, 0.1) is 0 Å². The summed E-state index contributed by atoms with van der Waals surface area (Å²) >= 11 is 0. The summed E-state index contributed by atoms with van der Waals surface area (Å²) in [7, 11) is 0. The molecule has 1 atom stereocenters. The van der Waals surface area contributed by atoms with E-state index in [4.69, 9.17) is 10.2 Å². The largest absolute Gasteiger partial charge is 0.478 e. The fraction of sp³-hybridized carbons (Fsp3) is 0.385. The van der Waals surface area contributed by atoms with E-state index in [9.17, 15) is 27.9 Å². The topological polar surface area (TPSA) is 98.1 Å². The number of piperidine rings is 1. The molecule has 1 saturated heterocycles. The number of aliphatic carboxylic acids is 2. The highest BCUT2D eigenvalue weighted by Crippen LogP contribution is 2.36. The number of carboxylic acids is 2. The van der Waals surface area contributed by atoms with Gasteiger partial charge < -0.3 is 20.2 Å². The van der Waals surface area contributed by atoms with Crippen molar-refractivity contribution in [3.05, 3.63) is 83.4 Å².